The van der Waals surface area contributed by atoms with Crippen molar-refractivity contribution in [2.24, 2.45) is 0 Å². The van der Waals surface area contributed by atoms with Crippen LogP contribution in [0.2, 0.25) is 0 Å². The van der Waals surface area contributed by atoms with Crippen molar-refractivity contribution in [3.63, 3.8) is 0 Å². The lowest BCUT2D eigenvalue weighted by Crippen LogP contribution is -2.53. The highest BCUT2D eigenvalue weighted by Crippen LogP contribution is 2.21. The molecule has 2 aliphatic heterocycles. The number of piperidine rings is 1. The van der Waals surface area contributed by atoms with Crippen molar-refractivity contribution in [2.75, 3.05) is 26.7 Å². The van der Waals surface area contributed by atoms with Crippen LogP contribution in [0.4, 0.5) is 0 Å². The average molecular weight is 290 g/mol. The van der Waals surface area contributed by atoms with Crippen molar-refractivity contribution in [2.45, 2.75) is 44.7 Å². The summed E-state index contributed by atoms with van der Waals surface area (Å²) in [5.41, 5.74) is 0. The summed E-state index contributed by atoms with van der Waals surface area (Å²) in [7, 11) is 1.94. The van der Waals surface area contributed by atoms with Crippen molar-refractivity contribution in [3.8, 4) is 0 Å². The first kappa shape index (κ1) is 16.2. The van der Waals surface area contributed by atoms with Crippen LogP contribution in [0.3, 0.4) is 0 Å². The van der Waals surface area contributed by atoms with Crippen LogP contribution in [0.1, 0.15) is 32.6 Å². The fourth-order valence-electron chi connectivity index (χ4n) is 3.02. The third kappa shape index (κ3) is 3.60. The molecule has 0 aromatic carbocycles. The molecule has 2 amide bonds. The normalized spacial score (nSPS) is 27.1. The van der Waals surface area contributed by atoms with Gasteiger partial charge in [0.25, 0.3) is 0 Å². The van der Waals surface area contributed by atoms with Crippen molar-refractivity contribution < 1.29 is 9.59 Å². The molecule has 0 bridgehead atoms. The van der Waals surface area contributed by atoms with Crippen molar-refractivity contribution in [1.29, 1.82) is 0 Å². The minimum atomic E-state index is -0.210. The van der Waals surface area contributed by atoms with Gasteiger partial charge in [0.2, 0.25) is 11.8 Å². The van der Waals surface area contributed by atoms with E-state index in [0.29, 0.717) is 6.04 Å². The van der Waals surface area contributed by atoms with Crippen molar-refractivity contribution in [1.82, 2.24) is 15.1 Å². The molecule has 0 spiro atoms. The maximum atomic E-state index is 12.5. The smallest absolute Gasteiger partial charge is 0.245 e. The molecule has 2 fully saturated rings. The van der Waals surface area contributed by atoms with E-state index >= 15 is 0 Å². The van der Waals surface area contributed by atoms with Crippen LogP contribution in [0, 0.1) is 0 Å². The van der Waals surface area contributed by atoms with E-state index in [0.717, 1.165) is 45.3 Å². The van der Waals surface area contributed by atoms with Gasteiger partial charge in [-0.2, -0.15) is 0 Å². The number of halogens is 1. The predicted molar refractivity (Wildman–Crippen MR) is 76.3 cm³/mol. The second-order valence-corrected chi connectivity index (χ2v) is 5.28. The Labute approximate surface area is 121 Å². The molecule has 0 saturated carbocycles. The molecule has 5 nitrogen and oxygen atoms in total. The van der Waals surface area contributed by atoms with E-state index < -0.39 is 0 Å². The molecular formula is C13H24ClN3O2. The quantitative estimate of drug-likeness (QED) is 0.811. The lowest BCUT2D eigenvalue weighted by atomic mass is 10.0. The van der Waals surface area contributed by atoms with Gasteiger partial charge in [0.05, 0.1) is 0 Å². The summed E-state index contributed by atoms with van der Waals surface area (Å²) < 4.78 is 0. The molecule has 0 radical (unpaired) electrons. The molecule has 2 atom stereocenters. The van der Waals surface area contributed by atoms with E-state index in [1.54, 1.807) is 11.8 Å². The minimum absolute atomic E-state index is 0. The Morgan fingerprint density at radius 1 is 1.16 bits per heavy atom. The van der Waals surface area contributed by atoms with Crippen LogP contribution in [-0.4, -0.2) is 60.4 Å². The van der Waals surface area contributed by atoms with Gasteiger partial charge in [-0.15, -0.1) is 12.4 Å². The SMILES string of the molecule is CNC1CCCN(C(=O)C2CCCN2C(C)=O)C1.Cl. The Bertz CT molecular complexity index is 338. The number of hydrogen-bond acceptors (Lipinski definition) is 3. The van der Waals surface area contributed by atoms with Gasteiger partial charge in [-0.3, -0.25) is 9.59 Å². The minimum Gasteiger partial charge on any atom is -0.339 e. The Kier molecular flexibility index (Phi) is 6.07. The van der Waals surface area contributed by atoms with E-state index in [1.807, 2.05) is 11.9 Å². The van der Waals surface area contributed by atoms with Crippen LogP contribution in [0.5, 0.6) is 0 Å². The van der Waals surface area contributed by atoms with Crippen LogP contribution >= 0.6 is 12.4 Å². The standard InChI is InChI=1S/C13H23N3O2.ClH/c1-10(17)16-8-4-6-12(16)13(18)15-7-3-5-11(9-15)14-2;/h11-12,14H,3-9H2,1-2H3;1H. The molecule has 0 aromatic heterocycles. The first-order valence-electron chi connectivity index (χ1n) is 6.86. The Hall–Kier alpha value is -0.810. The highest BCUT2D eigenvalue weighted by Gasteiger charge is 2.36. The fraction of sp³-hybridized carbons (Fsp3) is 0.846. The largest absolute Gasteiger partial charge is 0.339 e. The van der Waals surface area contributed by atoms with Gasteiger partial charge in [-0.05, 0) is 32.7 Å². The predicted octanol–water partition coefficient (Wildman–Crippen LogP) is 0.630. The molecular weight excluding hydrogens is 266 g/mol. The first-order chi connectivity index (χ1) is 8.63. The number of rotatable bonds is 2. The molecule has 110 valence electrons. The monoisotopic (exact) mass is 289 g/mol. The maximum absolute atomic E-state index is 12.5. The number of nitrogens with one attached hydrogen (secondary N) is 1. The van der Waals surface area contributed by atoms with Gasteiger partial charge in [0, 0.05) is 32.6 Å². The van der Waals surface area contributed by atoms with Gasteiger partial charge in [-0.25, -0.2) is 0 Å². The highest BCUT2D eigenvalue weighted by molar-refractivity contribution is 5.87. The summed E-state index contributed by atoms with van der Waals surface area (Å²) in [4.78, 5) is 27.6. The molecule has 2 rings (SSSR count). The topological polar surface area (TPSA) is 52.7 Å². The van der Waals surface area contributed by atoms with Crippen LogP contribution in [0.25, 0.3) is 0 Å². The van der Waals surface area contributed by atoms with Gasteiger partial charge in [-0.1, -0.05) is 0 Å². The molecule has 19 heavy (non-hydrogen) atoms. The fourth-order valence-corrected chi connectivity index (χ4v) is 3.02. The summed E-state index contributed by atoms with van der Waals surface area (Å²) >= 11 is 0. The summed E-state index contributed by atoms with van der Waals surface area (Å²) in [6.07, 6.45) is 3.93. The van der Waals surface area contributed by atoms with Crippen molar-refractivity contribution >= 4 is 24.2 Å². The van der Waals surface area contributed by atoms with E-state index in [9.17, 15) is 9.59 Å². The number of amides is 2. The summed E-state index contributed by atoms with van der Waals surface area (Å²) in [6.45, 7) is 3.89. The van der Waals surface area contributed by atoms with Crippen molar-refractivity contribution in [3.05, 3.63) is 0 Å². The van der Waals surface area contributed by atoms with Gasteiger partial charge >= 0.3 is 0 Å². The molecule has 6 heteroatoms. The number of hydrogen-bond donors (Lipinski definition) is 1. The third-order valence-electron chi connectivity index (χ3n) is 4.08. The second kappa shape index (κ2) is 7.10. The number of nitrogens with zero attached hydrogens (tertiary/aromatic N) is 2. The number of likely N-dealkylation sites (N-methyl/N-ethyl adjacent to an activating group) is 1. The van der Waals surface area contributed by atoms with Gasteiger partial charge in [0.1, 0.15) is 6.04 Å². The number of likely N-dealkylation sites (tertiary alicyclic amines) is 2. The average Bonchev–Trinajstić information content (AvgIpc) is 2.87. The summed E-state index contributed by atoms with van der Waals surface area (Å²) in [5, 5.41) is 3.24. The van der Waals surface area contributed by atoms with Crippen LogP contribution in [0.15, 0.2) is 0 Å². The third-order valence-corrected chi connectivity index (χ3v) is 4.08. The Morgan fingerprint density at radius 2 is 1.84 bits per heavy atom. The van der Waals surface area contributed by atoms with Gasteiger partial charge in [0.15, 0.2) is 0 Å². The molecule has 2 saturated heterocycles. The van der Waals surface area contributed by atoms with Crippen LogP contribution < -0.4 is 5.32 Å². The zero-order chi connectivity index (χ0) is 13.1. The lowest BCUT2D eigenvalue weighted by Gasteiger charge is -2.35. The maximum Gasteiger partial charge on any atom is 0.245 e. The Balaban J connectivity index is 0.00000180. The van der Waals surface area contributed by atoms with E-state index in [-0.39, 0.29) is 30.3 Å². The second-order valence-electron chi connectivity index (χ2n) is 5.28. The molecule has 0 aliphatic carbocycles. The first-order valence-corrected chi connectivity index (χ1v) is 6.86. The van der Waals surface area contributed by atoms with E-state index in [4.69, 9.17) is 0 Å². The van der Waals surface area contributed by atoms with E-state index in [2.05, 4.69) is 5.32 Å². The Morgan fingerprint density at radius 3 is 2.47 bits per heavy atom. The number of carbonyl (C=O) groups is 2. The van der Waals surface area contributed by atoms with Crippen LogP contribution in [-0.2, 0) is 9.59 Å². The molecule has 2 unspecified atom stereocenters. The molecule has 1 N–H and O–H groups in total. The zero-order valence-electron chi connectivity index (χ0n) is 11.7. The molecule has 0 aromatic rings. The lowest BCUT2D eigenvalue weighted by molar-refractivity contribution is -0.143. The molecule has 2 heterocycles. The highest BCUT2D eigenvalue weighted by atomic mass is 35.5. The van der Waals surface area contributed by atoms with Gasteiger partial charge < -0.3 is 15.1 Å². The summed E-state index contributed by atoms with van der Waals surface area (Å²) in [5.74, 6) is 0.163. The zero-order valence-corrected chi connectivity index (χ0v) is 12.5. The number of carbonyl (C=O) groups excluding carboxylic acids is 2. The van der Waals surface area contributed by atoms with E-state index in [1.165, 1.54) is 0 Å². The molecule has 2 aliphatic rings. The summed E-state index contributed by atoms with van der Waals surface area (Å²) in [6, 6.07) is 0.188.